The molecule has 106 valence electrons. The minimum Gasteiger partial charge on any atom is -0.478 e. The summed E-state index contributed by atoms with van der Waals surface area (Å²) >= 11 is 1.44. The van der Waals surface area contributed by atoms with Crippen LogP contribution in [0.1, 0.15) is 27.2 Å². The molecule has 0 saturated carbocycles. The molecule has 0 aliphatic rings. The summed E-state index contributed by atoms with van der Waals surface area (Å²) in [6.45, 7) is 0.812. The molecule has 1 aromatic heterocycles. The smallest absolute Gasteiger partial charge is 0.336 e. The van der Waals surface area contributed by atoms with E-state index in [1.165, 1.54) is 16.9 Å². The van der Waals surface area contributed by atoms with Gasteiger partial charge in [0.25, 0.3) is 0 Å². The predicted octanol–water partition coefficient (Wildman–Crippen LogP) is 2.98. The van der Waals surface area contributed by atoms with E-state index in [4.69, 9.17) is 10.2 Å². The number of carboxylic acids is 1. The number of rotatable bonds is 7. The molecule has 5 heteroatoms. The molecule has 2 rings (SSSR count). The molecule has 1 aromatic carbocycles. The zero-order valence-corrected chi connectivity index (χ0v) is 11.8. The van der Waals surface area contributed by atoms with Gasteiger partial charge in [-0.2, -0.15) is 0 Å². The summed E-state index contributed by atoms with van der Waals surface area (Å²) in [5, 5.41) is 22.6. The second kappa shape index (κ2) is 7.07. The van der Waals surface area contributed by atoms with E-state index in [-0.39, 0.29) is 6.61 Å². The van der Waals surface area contributed by atoms with Crippen molar-refractivity contribution in [1.82, 2.24) is 0 Å². The van der Waals surface area contributed by atoms with Gasteiger partial charge in [0.1, 0.15) is 0 Å². The van der Waals surface area contributed by atoms with Crippen molar-refractivity contribution in [2.45, 2.75) is 19.4 Å². The standard InChI is InChI=1S/C15H17NO3S/c17-6-2-4-11-3-1-5-13(7-11)16-9-14-8-12(10-20-14)15(18)19/h1,3,5,7-8,10,16-17H,2,4,6,9H2,(H,18,19). The lowest BCUT2D eigenvalue weighted by atomic mass is 10.1. The highest BCUT2D eigenvalue weighted by Crippen LogP contribution is 2.18. The molecular formula is C15H17NO3S. The number of aryl methyl sites for hydroxylation is 1. The number of aliphatic hydroxyl groups is 1. The van der Waals surface area contributed by atoms with E-state index in [1.54, 1.807) is 11.4 Å². The molecule has 0 aliphatic carbocycles. The molecule has 0 aliphatic heterocycles. The molecule has 2 aromatic rings. The van der Waals surface area contributed by atoms with Crippen LogP contribution in [0.3, 0.4) is 0 Å². The number of anilines is 1. The number of carboxylic acid groups (broad SMARTS) is 1. The van der Waals surface area contributed by atoms with Crippen LogP contribution in [-0.4, -0.2) is 22.8 Å². The lowest BCUT2D eigenvalue weighted by molar-refractivity contribution is 0.0697. The fraction of sp³-hybridized carbons (Fsp3) is 0.267. The van der Waals surface area contributed by atoms with Crippen molar-refractivity contribution in [2.75, 3.05) is 11.9 Å². The molecule has 20 heavy (non-hydrogen) atoms. The van der Waals surface area contributed by atoms with Crippen LogP contribution >= 0.6 is 11.3 Å². The molecule has 0 atom stereocenters. The highest BCUT2D eigenvalue weighted by atomic mass is 32.1. The Kier molecular flexibility index (Phi) is 5.15. The van der Waals surface area contributed by atoms with Crippen molar-refractivity contribution in [1.29, 1.82) is 0 Å². The van der Waals surface area contributed by atoms with Crippen LogP contribution in [0.4, 0.5) is 5.69 Å². The number of hydrogen-bond acceptors (Lipinski definition) is 4. The van der Waals surface area contributed by atoms with Gasteiger partial charge in [0, 0.05) is 29.1 Å². The molecule has 0 amide bonds. The summed E-state index contributed by atoms with van der Waals surface area (Å²) < 4.78 is 0. The van der Waals surface area contributed by atoms with E-state index in [2.05, 4.69) is 11.4 Å². The van der Waals surface area contributed by atoms with Gasteiger partial charge in [-0.3, -0.25) is 0 Å². The van der Waals surface area contributed by atoms with Gasteiger partial charge >= 0.3 is 5.97 Å². The molecule has 0 unspecified atom stereocenters. The summed E-state index contributed by atoms with van der Waals surface area (Å²) in [6.07, 6.45) is 1.62. The Labute approximate surface area is 121 Å². The van der Waals surface area contributed by atoms with Gasteiger partial charge in [0.2, 0.25) is 0 Å². The Morgan fingerprint density at radius 2 is 2.15 bits per heavy atom. The van der Waals surface area contributed by atoms with Gasteiger partial charge in [-0.25, -0.2) is 4.79 Å². The van der Waals surface area contributed by atoms with Crippen LogP contribution in [-0.2, 0) is 13.0 Å². The Morgan fingerprint density at radius 3 is 2.85 bits per heavy atom. The quantitative estimate of drug-likeness (QED) is 0.733. The molecule has 0 spiro atoms. The van der Waals surface area contributed by atoms with E-state index in [0.717, 1.165) is 23.4 Å². The largest absolute Gasteiger partial charge is 0.478 e. The lowest BCUT2D eigenvalue weighted by Gasteiger charge is -2.07. The van der Waals surface area contributed by atoms with Gasteiger partial charge in [-0.05, 0) is 36.6 Å². The van der Waals surface area contributed by atoms with Gasteiger partial charge in [-0.15, -0.1) is 11.3 Å². The number of aromatic carboxylic acids is 1. The summed E-state index contributed by atoms with van der Waals surface area (Å²) in [7, 11) is 0. The predicted molar refractivity (Wildman–Crippen MR) is 80.5 cm³/mol. The second-order valence-corrected chi connectivity index (χ2v) is 5.48. The first-order valence-electron chi connectivity index (χ1n) is 6.43. The van der Waals surface area contributed by atoms with Crippen molar-refractivity contribution >= 4 is 23.0 Å². The summed E-state index contributed by atoms with van der Waals surface area (Å²) in [5.41, 5.74) is 2.52. The topological polar surface area (TPSA) is 69.6 Å². The number of thiophene rings is 1. The van der Waals surface area contributed by atoms with Gasteiger partial charge in [-0.1, -0.05) is 12.1 Å². The van der Waals surface area contributed by atoms with Crippen LogP contribution in [0, 0.1) is 0 Å². The first-order chi connectivity index (χ1) is 9.69. The number of benzene rings is 1. The van der Waals surface area contributed by atoms with Gasteiger partial charge in [0.05, 0.1) is 5.56 Å². The maximum Gasteiger partial charge on any atom is 0.336 e. The SMILES string of the molecule is O=C(O)c1csc(CNc2cccc(CCCO)c2)c1. The Morgan fingerprint density at radius 1 is 1.30 bits per heavy atom. The molecule has 0 radical (unpaired) electrons. The van der Waals surface area contributed by atoms with Crippen molar-refractivity contribution < 1.29 is 15.0 Å². The maximum atomic E-state index is 10.8. The summed E-state index contributed by atoms with van der Waals surface area (Å²) in [5.74, 6) is -0.890. The van der Waals surface area contributed by atoms with E-state index < -0.39 is 5.97 Å². The number of nitrogens with one attached hydrogen (secondary N) is 1. The van der Waals surface area contributed by atoms with Crippen molar-refractivity contribution in [3.8, 4) is 0 Å². The zero-order valence-electron chi connectivity index (χ0n) is 11.0. The average Bonchev–Trinajstić information content (AvgIpc) is 2.92. The highest BCUT2D eigenvalue weighted by molar-refractivity contribution is 7.10. The zero-order chi connectivity index (χ0) is 14.4. The fourth-order valence-corrected chi connectivity index (χ4v) is 2.69. The molecule has 1 heterocycles. The first-order valence-corrected chi connectivity index (χ1v) is 7.31. The third kappa shape index (κ3) is 4.08. The van der Waals surface area contributed by atoms with E-state index in [1.807, 2.05) is 18.2 Å². The molecule has 3 N–H and O–H groups in total. The Balaban J connectivity index is 1.94. The molecule has 4 nitrogen and oxygen atoms in total. The third-order valence-electron chi connectivity index (χ3n) is 2.92. The van der Waals surface area contributed by atoms with Crippen molar-refractivity contribution in [2.24, 2.45) is 0 Å². The van der Waals surface area contributed by atoms with Crippen molar-refractivity contribution in [3.05, 3.63) is 51.7 Å². The molecular weight excluding hydrogens is 274 g/mol. The number of carbonyl (C=O) groups is 1. The van der Waals surface area contributed by atoms with Crippen LogP contribution in [0.25, 0.3) is 0 Å². The van der Waals surface area contributed by atoms with Crippen LogP contribution in [0.2, 0.25) is 0 Å². The van der Waals surface area contributed by atoms with Crippen LogP contribution in [0.5, 0.6) is 0 Å². The fourth-order valence-electron chi connectivity index (χ4n) is 1.89. The summed E-state index contributed by atoms with van der Waals surface area (Å²) in [6, 6.07) is 9.74. The molecule has 0 saturated heterocycles. The first kappa shape index (κ1) is 14.6. The third-order valence-corrected chi connectivity index (χ3v) is 3.85. The number of aliphatic hydroxyl groups excluding tert-OH is 1. The Hall–Kier alpha value is -1.85. The van der Waals surface area contributed by atoms with E-state index in [9.17, 15) is 4.79 Å². The van der Waals surface area contributed by atoms with E-state index in [0.29, 0.717) is 12.1 Å². The summed E-state index contributed by atoms with van der Waals surface area (Å²) in [4.78, 5) is 11.8. The van der Waals surface area contributed by atoms with Crippen LogP contribution < -0.4 is 5.32 Å². The minimum atomic E-state index is -0.890. The molecule has 0 fully saturated rings. The maximum absolute atomic E-state index is 10.8. The van der Waals surface area contributed by atoms with Crippen molar-refractivity contribution in [3.63, 3.8) is 0 Å². The van der Waals surface area contributed by atoms with Crippen LogP contribution in [0.15, 0.2) is 35.7 Å². The monoisotopic (exact) mass is 291 g/mol. The minimum absolute atomic E-state index is 0.199. The average molecular weight is 291 g/mol. The van der Waals surface area contributed by atoms with Gasteiger partial charge < -0.3 is 15.5 Å². The van der Waals surface area contributed by atoms with E-state index >= 15 is 0 Å². The van der Waals surface area contributed by atoms with Gasteiger partial charge in [0.15, 0.2) is 0 Å². The highest BCUT2D eigenvalue weighted by Gasteiger charge is 2.06. The lowest BCUT2D eigenvalue weighted by Crippen LogP contribution is -1.99. The molecule has 0 bridgehead atoms. The Bertz CT molecular complexity index is 580. The normalized spacial score (nSPS) is 10.4. The number of hydrogen-bond donors (Lipinski definition) is 3. The second-order valence-electron chi connectivity index (χ2n) is 4.49.